The first-order valence-corrected chi connectivity index (χ1v) is 7.34. The Kier molecular flexibility index (Phi) is 5.15. The summed E-state index contributed by atoms with van der Waals surface area (Å²) in [5.41, 5.74) is 0.794. The number of para-hydroxylation sites is 1. The molecule has 0 aliphatic carbocycles. The average molecular weight is 289 g/mol. The Labute approximate surface area is 123 Å². The summed E-state index contributed by atoms with van der Waals surface area (Å²) < 4.78 is 0. The van der Waals surface area contributed by atoms with Crippen molar-refractivity contribution in [1.82, 2.24) is 10.2 Å². The summed E-state index contributed by atoms with van der Waals surface area (Å²) >= 11 is 1.70. The first-order chi connectivity index (χ1) is 9.66. The molecule has 0 fully saturated rings. The van der Waals surface area contributed by atoms with E-state index in [9.17, 15) is 4.79 Å². The summed E-state index contributed by atoms with van der Waals surface area (Å²) in [7, 11) is 4.03. The predicted octanol–water partition coefficient (Wildman–Crippen LogP) is 3.17. The zero-order valence-electron chi connectivity index (χ0n) is 11.7. The topological polar surface area (TPSA) is 44.4 Å². The quantitative estimate of drug-likeness (QED) is 0.888. The maximum absolute atomic E-state index is 11.9. The van der Waals surface area contributed by atoms with Gasteiger partial charge in [-0.3, -0.25) is 0 Å². The van der Waals surface area contributed by atoms with Gasteiger partial charge in [0.15, 0.2) is 0 Å². The van der Waals surface area contributed by atoms with Gasteiger partial charge in [0.05, 0.1) is 6.04 Å². The molecule has 0 saturated heterocycles. The van der Waals surface area contributed by atoms with Crippen LogP contribution in [-0.2, 0) is 0 Å². The van der Waals surface area contributed by atoms with Crippen molar-refractivity contribution in [2.24, 2.45) is 0 Å². The van der Waals surface area contributed by atoms with E-state index >= 15 is 0 Å². The number of benzene rings is 1. The second kappa shape index (κ2) is 7.07. The molecule has 106 valence electrons. The molecule has 0 unspecified atom stereocenters. The van der Waals surface area contributed by atoms with Crippen molar-refractivity contribution in [3.8, 4) is 0 Å². The fourth-order valence-electron chi connectivity index (χ4n) is 1.90. The largest absolute Gasteiger partial charge is 0.336 e. The number of rotatable bonds is 5. The number of nitrogens with zero attached hydrogens (tertiary/aromatic N) is 1. The molecule has 20 heavy (non-hydrogen) atoms. The van der Waals surface area contributed by atoms with Crippen molar-refractivity contribution in [2.75, 3.05) is 26.0 Å². The Morgan fingerprint density at radius 1 is 1.20 bits per heavy atom. The van der Waals surface area contributed by atoms with E-state index in [2.05, 4.69) is 27.0 Å². The second-order valence-electron chi connectivity index (χ2n) is 4.70. The van der Waals surface area contributed by atoms with Crippen molar-refractivity contribution < 1.29 is 4.79 Å². The van der Waals surface area contributed by atoms with Gasteiger partial charge in [0, 0.05) is 17.1 Å². The second-order valence-corrected chi connectivity index (χ2v) is 5.68. The molecule has 0 bridgehead atoms. The van der Waals surface area contributed by atoms with Crippen LogP contribution in [0.15, 0.2) is 47.8 Å². The summed E-state index contributed by atoms with van der Waals surface area (Å²) in [6, 6.07) is 13.6. The Hall–Kier alpha value is -1.85. The van der Waals surface area contributed by atoms with Crippen molar-refractivity contribution >= 4 is 23.1 Å². The van der Waals surface area contributed by atoms with E-state index in [4.69, 9.17) is 0 Å². The number of amides is 2. The van der Waals surface area contributed by atoms with Crippen LogP contribution in [0.4, 0.5) is 10.5 Å². The van der Waals surface area contributed by atoms with Crippen molar-refractivity contribution in [3.63, 3.8) is 0 Å². The van der Waals surface area contributed by atoms with Gasteiger partial charge in [0.25, 0.3) is 0 Å². The Bertz CT molecular complexity index is 525. The Balaban J connectivity index is 1.88. The van der Waals surface area contributed by atoms with Gasteiger partial charge < -0.3 is 15.5 Å². The molecule has 0 saturated carbocycles. The molecule has 2 amide bonds. The van der Waals surface area contributed by atoms with Gasteiger partial charge >= 0.3 is 6.03 Å². The summed E-state index contributed by atoms with van der Waals surface area (Å²) in [5.74, 6) is 0. The van der Waals surface area contributed by atoms with Crippen LogP contribution in [0.1, 0.15) is 10.9 Å². The summed E-state index contributed by atoms with van der Waals surface area (Å²) in [4.78, 5) is 15.2. The number of hydrogen-bond acceptors (Lipinski definition) is 3. The number of thiophene rings is 1. The van der Waals surface area contributed by atoms with Gasteiger partial charge in [-0.1, -0.05) is 24.3 Å². The molecular formula is C15H19N3OS. The monoisotopic (exact) mass is 289 g/mol. The molecule has 0 radical (unpaired) electrons. The van der Waals surface area contributed by atoms with Gasteiger partial charge in [-0.05, 0) is 37.7 Å². The lowest BCUT2D eigenvalue weighted by molar-refractivity contribution is 0.244. The van der Waals surface area contributed by atoms with Crippen LogP contribution < -0.4 is 10.6 Å². The number of nitrogens with one attached hydrogen (secondary N) is 2. The minimum Gasteiger partial charge on any atom is -0.336 e. The van der Waals surface area contributed by atoms with Gasteiger partial charge in [0.2, 0.25) is 0 Å². The van der Waals surface area contributed by atoms with Gasteiger partial charge in [-0.2, -0.15) is 0 Å². The molecular weight excluding hydrogens is 270 g/mol. The zero-order chi connectivity index (χ0) is 14.4. The molecule has 0 spiro atoms. The van der Waals surface area contributed by atoms with Gasteiger partial charge in [-0.15, -0.1) is 11.3 Å². The first kappa shape index (κ1) is 14.6. The number of urea groups is 1. The fourth-order valence-corrected chi connectivity index (χ4v) is 2.83. The van der Waals surface area contributed by atoms with Crippen LogP contribution in [0.2, 0.25) is 0 Å². The van der Waals surface area contributed by atoms with Crippen LogP contribution >= 0.6 is 11.3 Å². The lowest BCUT2D eigenvalue weighted by Crippen LogP contribution is -2.36. The minimum absolute atomic E-state index is 0.181. The smallest absolute Gasteiger partial charge is 0.319 e. The molecule has 0 aliphatic rings. The van der Waals surface area contributed by atoms with E-state index in [1.54, 1.807) is 11.3 Å². The number of anilines is 1. The van der Waals surface area contributed by atoms with Crippen LogP contribution in [0, 0.1) is 0 Å². The van der Waals surface area contributed by atoms with E-state index in [1.165, 1.54) is 4.88 Å². The Morgan fingerprint density at radius 3 is 2.55 bits per heavy atom. The number of carbonyl (C=O) groups is 1. The van der Waals surface area contributed by atoms with Crippen LogP contribution in [0.25, 0.3) is 0 Å². The van der Waals surface area contributed by atoms with Gasteiger partial charge in [0.1, 0.15) is 0 Å². The lowest BCUT2D eigenvalue weighted by atomic mass is 10.2. The molecule has 2 aromatic rings. The standard InChI is InChI=1S/C15H19N3OS/c1-18(2)13(14-9-6-10-20-14)11-16-15(19)17-12-7-4-3-5-8-12/h3-10,13H,11H2,1-2H3,(H2,16,17,19)/t13-/m1/s1. The lowest BCUT2D eigenvalue weighted by Gasteiger charge is -2.23. The van der Waals surface area contributed by atoms with Crippen LogP contribution in [0.5, 0.6) is 0 Å². The molecule has 1 aromatic carbocycles. The molecule has 2 rings (SSSR count). The van der Waals surface area contributed by atoms with E-state index < -0.39 is 0 Å². The summed E-state index contributed by atoms with van der Waals surface area (Å²) in [5, 5.41) is 7.78. The number of carbonyl (C=O) groups excluding carboxylic acids is 1. The summed E-state index contributed by atoms with van der Waals surface area (Å²) in [6.45, 7) is 0.576. The predicted molar refractivity (Wildman–Crippen MR) is 84.2 cm³/mol. The molecule has 2 N–H and O–H groups in total. The molecule has 1 atom stereocenters. The minimum atomic E-state index is -0.181. The van der Waals surface area contributed by atoms with E-state index in [1.807, 2.05) is 50.5 Å². The molecule has 1 heterocycles. The van der Waals surface area contributed by atoms with E-state index in [0.29, 0.717) is 6.54 Å². The highest BCUT2D eigenvalue weighted by Gasteiger charge is 2.16. The van der Waals surface area contributed by atoms with Gasteiger partial charge in [-0.25, -0.2) is 4.79 Å². The number of hydrogen-bond donors (Lipinski definition) is 2. The normalized spacial score (nSPS) is 12.2. The molecule has 5 heteroatoms. The van der Waals surface area contributed by atoms with Crippen molar-refractivity contribution in [2.45, 2.75) is 6.04 Å². The maximum Gasteiger partial charge on any atom is 0.319 e. The third-order valence-corrected chi connectivity index (χ3v) is 3.96. The summed E-state index contributed by atoms with van der Waals surface area (Å²) in [6.07, 6.45) is 0. The van der Waals surface area contributed by atoms with E-state index in [0.717, 1.165) is 5.69 Å². The third kappa shape index (κ3) is 4.08. The maximum atomic E-state index is 11.9. The highest BCUT2D eigenvalue weighted by Crippen LogP contribution is 2.22. The first-order valence-electron chi connectivity index (χ1n) is 6.46. The zero-order valence-corrected chi connectivity index (χ0v) is 12.5. The fraction of sp³-hybridized carbons (Fsp3) is 0.267. The van der Waals surface area contributed by atoms with Crippen LogP contribution in [0.3, 0.4) is 0 Å². The molecule has 4 nitrogen and oxygen atoms in total. The Morgan fingerprint density at radius 2 is 1.95 bits per heavy atom. The molecule has 1 aromatic heterocycles. The highest BCUT2D eigenvalue weighted by atomic mass is 32.1. The third-order valence-electron chi connectivity index (χ3n) is 2.98. The van der Waals surface area contributed by atoms with E-state index in [-0.39, 0.29) is 12.1 Å². The SMILES string of the molecule is CN(C)[C@H](CNC(=O)Nc1ccccc1)c1cccs1. The van der Waals surface area contributed by atoms with Crippen LogP contribution in [-0.4, -0.2) is 31.6 Å². The highest BCUT2D eigenvalue weighted by molar-refractivity contribution is 7.10. The molecule has 0 aliphatic heterocycles. The van der Waals surface area contributed by atoms with Crippen molar-refractivity contribution in [3.05, 3.63) is 52.7 Å². The number of likely N-dealkylation sites (N-methyl/N-ethyl adjacent to an activating group) is 1. The van der Waals surface area contributed by atoms with Crippen molar-refractivity contribution in [1.29, 1.82) is 0 Å². The average Bonchev–Trinajstić information content (AvgIpc) is 2.93.